The van der Waals surface area contributed by atoms with Gasteiger partial charge in [-0.25, -0.2) is 4.98 Å². The fourth-order valence-corrected chi connectivity index (χ4v) is 3.55. The molecule has 1 aromatic carbocycles. The molecule has 0 aliphatic carbocycles. The van der Waals surface area contributed by atoms with Crippen LogP contribution in [0.15, 0.2) is 41.1 Å². The Morgan fingerprint density at radius 2 is 2.05 bits per heavy atom. The Balaban J connectivity index is 1.80. The molecule has 0 spiro atoms. The molecule has 0 radical (unpaired) electrons. The van der Waals surface area contributed by atoms with Crippen molar-refractivity contribution in [3.05, 3.63) is 56.7 Å². The molecule has 106 valence electrons. The highest BCUT2D eigenvalue weighted by molar-refractivity contribution is 7.16. The number of aromatic nitrogens is 1. The summed E-state index contributed by atoms with van der Waals surface area (Å²) in [4.78, 5) is 17.7. The molecule has 3 nitrogen and oxygen atoms in total. The van der Waals surface area contributed by atoms with Gasteiger partial charge in [0.2, 0.25) is 0 Å². The van der Waals surface area contributed by atoms with E-state index in [0.29, 0.717) is 20.7 Å². The van der Waals surface area contributed by atoms with Crippen molar-refractivity contribution < 1.29 is 4.79 Å². The van der Waals surface area contributed by atoms with E-state index < -0.39 is 0 Å². The zero-order chi connectivity index (χ0) is 14.8. The molecule has 0 aliphatic heterocycles. The summed E-state index contributed by atoms with van der Waals surface area (Å²) in [6, 6.07) is 8.71. The predicted octanol–water partition coefficient (Wildman–Crippen LogP) is 5.43. The summed E-state index contributed by atoms with van der Waals surface area (Å²) >= 11 is 14.9. The lowest BCUT2D eigenvalue weighted by molar-refractivity contribution is 0.102. The van der Waals surface area contributed by atoms with Crippen molar-refractivity contribution in [2.45, 2.75) is 0 Å². The minimum Gasteiger partial charge on any atom is -0.298 e. The van der Waals surface area contributed by atoms with Gasteiger partial charge in [-0.1, -0.05) is 29.3 Å². The molecule has 0 saturated heterocycles. The first-order valence-corrected chi connectivity index (χ1v) is 8.41. The van der Waals surface area contributed by atoms with Crippen LogP contribution in [0.1, 0.15) is 10.4 Å². The van der Waals surface area contributed by atoms with Crippen LogP contribution in [0.25, 0.3) is 10.6 Å². The topological polar surface area (TPSA) is 42.0 Å². The van der Waals surface area contributed by atoms with E-state index in [4.69, 9.17) is 23.2 Å². The van der Waals surface area contributed by atoms with Gasteiger partial charge in [0.05, 0.1) is 21.2 Å². The third-order valence-electron chi connectivity index (χ3n) is 2.67. The van der Waals surface area contributed by atoms with Crippen LogP contribution >= 0.6 is 45.9 Å². The van der Waals surface area contributed by atoms with Gasteiger partial charge in [0.15, 0.2) is 5.13 Å². The van der Waals surface area contributed by atoms with Crippen LogP contribution in [0.2, 0.25) is 10.0 Å². The SMILES string of the molecule is O=C(Nc1nc(-c2cccs2)cs1)c1cc(Cl)ccc1Cl. The zero-order valence-corrected chi connectivity index (χ0v) is 13.6. The molecule has 2 aromatic heterocycles. The molecule has 0 aliphatic rings. The Bertz CT molecular complexity index is 784. The van der Waals surface area contributed by atoms with E-state index >= 15 is 0 Å². The number of amides is 1. The highest BCUT2D eigenvalue weighted by atomic mass is 35.5. The van der Waals surface area contributed by atoms with Crippen LogP contribution in [0.5, 0.6) is 0 Å². The minimum absolute atomic E-state index is 0.324. The molecular formula is C14H8Cl2N2OS2. The quantitative estimate of drug-likeness (QED) is 0.681. The largest absolute Gasteiger partial charge is 0.298 e. The number of thiazole rings is 1. The number of thiophene rings is 1. The third-order valence-corrected chi connectivity index (χ3v) is 4.89. The number of anilines is 1. The summed E-state index contributed by atoms with van der Waals surface area (Å²) in [5.41, 5.74) is 1.18. The molecule has 3 rings (SSSR count). The van der Waals surface area contributed by atoms with Gasteiger partial charge in [-0.3, -0.25) is 10.1 Å². The average molecular weight is 355 g/mol. The predicted molar refractivity (Wildman–Crippen MR) is 89.8 cm³/mol. The van der Waals surface area contributed by atoms with Crippen molar-refractivity contribution in [1.29, 1.82) is 0 Å². The van der Waals surface area contributed by atoms with E-state index in [1.165, 1.54) is 17.4 Å². The van der Waals surface area contributed by atoms with Crippen molar-refractivity contribution in [2.75, 3.05) is 5.32 Å². The highest BCUT2D eigenvalue weighted by Gasteiger charge is 2.13. The molecule has 0 fully saturated rings. The van der Waals surface area contributed by atoms with Gasteiger partial charge in [-0.2, -0.15) is 0 Å². The molecule has 21 heavy (non-hydrogen) atoms. The second-order valence-corrected chi connectivity index (χ2v) is 6.74. The van der Waals surface area contributed by atoms with E-state index in [-0.39, 0.29) is 5.91 Å². The van der Waals surface area contributed by atoms with Gasteiger partial charge < -0.3 is 0 Å². The van der Waals surface area contributed by atoms with E-state index in [0.717, 1.165) is 10.6 Å². The Morgan fingerprint density at radius 3 is 2.81 bits per heavy atom. The Labute approximate surface area is 139 Å². The monoisotopic (exact) mass is 354 g/mol. The maximum Gasteiger partial charge on any atom is 0.259 e. The molecular weight excluding hydrogens is 347 g/mol. The summed E-state index contributed by atoms with van der Waals surface area (Å²) in [7, 11) is 0. The first-order chi connectivity index (χ1) is 10.1. The maximum absolute atomic E-state index is 12.2. The molecule has 0 bridgehead atoms. The summed E-state index contributed by atoms with van der Waals surface area (Å²) in [6.07, 6.45) is 0. The molecule has 1 N–H and O–H groups in total. The second-order valence-electron chi connectivity index (χ2n) is 4.09. The number of carbonyl (C=O) groups excluding carboxylic acids is 1. The van der Waals surface area contributed by atoms with Gasteiger partial charge in [0.25, 0.3) is 5.91 Å². The van der Waals surface area contributed by atoms with Crippen molar-refractivity contribution >= 4 is 56.9 Å². The number of hydrogen-bond donors (Lipinski definition) is 1. The van der Waals surface area contributed by atoms with Crippen molar-refractivity contribution in [1.82, 2.24) is 4.98 Å². The van der Waals surface area contributed by atoms with Gasteiger partial charge in [0.1, 0.15) is 0 Å². The van der Waals surface area contributed by atoms with Crippen molar-refractivity contribution in [2.24, 2.45) is 0 Å². The number of hydrogen-bond acceptors (Lipinski definition) is 4. The smallest absolute Gasteiger partial charge is 0.259 e. The number of halogens is 2. The Kier molecular flexibility index (Phi) is 4.26. The second kappa shape index (κ2) is 6.15. The summed E-state index contributed by atoms with van der Waals surface area (Å²) in [5.74, 6) is -0.324. The number of nitrogens with one attached hydrogen (secondary N) is 1. The molecule has 7 heteroatoms. The summed E-state index contributed by atoms with van der Waals surface area (Å²) in [6.45, 7) is 0. The maximum atomic E-state index is 12.2. The zero-order valence-electron chi connectivity index (χ0n) is 10.5. The van der Waals surface area contributed by atoms with Crippen LogP contribution in [-0.2, 0) is 0 Å². The lowest BCUT2D eigenvalue weighted by Crippen LogP contribution is -2.12. The minimum atomic E-state index is -0.324. The van der Waals surface area contributed by atoms with E-state index in [9.17, 15) is 4.79 Å². The van der Waals surface area contributed by atoms with Crippen molar-refractivity contribution in [3.63, 3.8) is 0 Å². The number of benzene rings is 1. The molecule has 0 atom stereocenters. The normalized spacial score (nSPS) is 10.6. The van der Waals surface area contributed by atoms with Gasteiger partial charge in [0, 0.05) is 10.4 Å². The first-order valence-electron chi connectivity index (χ1n) is 5.89. The molecule has 3 aromatic rings. The fourth-order valence-electron chi connectivity index (χ4n) is 1.70. The molecule has 2 heterocycles. The summed E-state index contributed by atoms with van der Waals surface area (Å²) < 4.78 is 0. The first kappa shape index (κ1) is 14.5. The third kappa shape index (κ3) is 3.27. The lowest BCUT2D eigenvalue weighted by Gasteiger charge is -2.04. The highest BCUT2D eigenvalue weighted by Crippen LogP contribution is 2.29. The van der Waals surface area contributed by atoms with Crippen LogP contribution < -0.4 is 5.32 Å². The number of nitrogens with zero attached hydrogens (tertiary/aromatic N) is 1. The van der Waals surface area contributed by atoms with Crippen LogP contribution in [0.3, 0.4) is 0 Å². The Morgan fingerprint density at radius 1 is 1.19 bits per heavy atom. The van der Waals surface area contributed by atoms with Crippen LogP contribution in [-0.4, -0.2) is 10.9 Å². The summed E-state index contributed by atoms with van der Waals surface area (Å²) in [5, 5.41) is 7.97. The Hall–Kier alpha value is -1.40. The average Bonchev–Trinajstić information content (AvgIpc) is 3.11. The van der Waals surface area contributed by atoms with Crippen molar-refractivity contribution in [3.8, 4) is 10.6 Å². The standard InChI is InChI=1S/C14H8Cl2N2OS2/c15-8-3-4-10(16)9(6-8)13(19)18-14-17-11(7-21-14)12-2-1-5-20-12/h1-7H,(H,17,18,19). The van der Waals surface area contributed by atoms with Gasteiger partial charge in [-0.05, 0) is 29.6 Å². The van der Waals surface area contributed by atoms with Crippen LogP contribution in [0, 0.1) is 0 Å². The van der Waals surface area contributed by atoms with E-state index in [2.05, 4.69) is 10.3 Å². The van der Waals surface area contributed by atoms with Gasteiger partial charge in [-0.15, -0.1) is 22.7 Å². The van der Waals surface area contributed by atoms with Crippen LogP contribution in [0.4, 0.5) is 5.13 Å². The molecule has 0 saturated carbocycles. The van der Waals surface area contributed by atoms with Gasteiger partial charge >= 0.3 is 0 Å². The number of carbonyl (C=O) groups is 1. The van der Waals surface area contributed by atoms with E-state index in [1.807, 2.05) is 22.9 Å². The van der Waals surface area contributed by atoms with E-state index in [1.54, 1.807) is 23.5 Å². The number of rotatable bonds is 3. The fraction of sp³-hybridized carbons (Fsp3) is 0. The molecule has 1 amide bonds. The lowest BCUT2D eigenvalue weighted by atomic mass is 10.2. The molecule has 0 unspecified atom stereocenters.